The summed E-state index contributed by atoms with van der Waals surface area (Å²) in [5.41, 5.74) is 1.08. The Balaban J connectivity index is 2.24. The van der Waals surface area contributed by atoms with E-state index in [2.05, 4.69) is 19.2 Å². The number of carbonyl (C=O) groups is 1. The minimum Gasteiger partial charge on any atom is -0.468 e. The minimum absolute atomic E-state index is 0.00960. The van der Waals surface area contributed by atoms with Crippen molar-refractivity contribution in [2.24, 2.45) is 0 Å². The molecule has 1 N–H and O–H groups in total. The number of nitrogens with one attached hydrogen (secondary N) is 1. The van der Waals surface area contributed by atoms with Crippen molar-refractivity contribution < 1.29 is 17.6 Å². The maximum atomic E-state index is 13.1. The van der Waals surface area contributed by atoms with Gasteiger partial charge in [0.15, 0.2) is 9.84 Å². The number of rotatable bonds is 9. The fourth-order valence-electron chi connectivity index (χ4n) is 2.68. The normalized spacial score (nSPS) is 12.9. The lowest BCUT2D eigenvalue weighted by Crippen LogP contribution is -2.31. The maximum absolute atomic E-state index is 13.1. The van der Waals surface area contributed by atoms with Crippen molar-refractivity contribution in [1.29, 1.82) is 0 Å². The summed E-state index contributed by atoms with van der Waals surface area (Å²) in [4.78, 5) is 12.2. The second-order valence-corrected chi connectivity index (χ2v) is 8.81. The summed E-state index contributed by atoms with van der Waals surface area (Å²) in [6, 6.07) is 10.2. The third-order valence-electron chi connectivity index (χ3n) is 4.35. The Morgan fingerprint density at radius 2 is 1.85 bits per heavy atom. The summed E-state index contributed by atoms with van der Waals surface area (Å²) in [6.45, 7) is 6.11. The van der Waals surface area contributed by atoms with Crippen molar-refractivity contribution in [1.82, 2.24) is 5.32 Å². The highest BCUT2D eigenvalue weighted by Crippen LogP contribution is 2.30. The second-order valence-electron chi connectivity index (χ2n) is 6.68. The highest BCUT2D eigenvalue weighted by molar-refractivity contribution is 7.91. The Hall–Kier alpha value is -2.08. The number of benzene rings is 1. The van der Waals surface area contributed by atoms with E-state index in [1.165, 1.54) is 6.26 Å². The summed E-state index contributed by atoms with van der Waals surface area (Å²) < 4.78 is 31.6. The van der Waals surface area contributed by atoms with Gasteiger partial charge in [0.1, 0.15) is 11.0 Å². The van der Waals surface area contributed by atoms with Gasteiger partial charge in [-0.05, 0) is 42.2 Å². The van der Waals surface area contributed by atoms with Crippen molar-refractivity contribution in [3.05, 3.63) is 54.0 Å². The van der Waals surface area contributed by atoms with Crippen LogP contribution in [0.5, 0.6) is 0 Å². The Labute approximate surface area is 155 Å². The molecular formula is C20H27NO4S. The largest absolute Gasteiger partial charge is 0.468 e. The molecule has 0 saturated carbocycles. The molecule has 26 heavy (non-hydrogen) atoms. The van der Waals surface area contributed by atoms with Gasteiger partial charge in [-0.25, -0.2) is 8.42 Å². The van der Waals surface area contributed by atoms with Crippen LogP contribution in [0.4, 0.5) is 0 Å². The van der Waals surface area contributed by atoms with Crippen molar-refractivity contribution in [3.63, 3.8) is 0 Å². The summed E-state index contributed by atoms with van der Waals surface area (Å²) in [5.74, 6) is 0.507. The average molecular weight is 378 g/mol. The predicted molar refractivity (Wildman–Crippen MR) is 102 cm³/mol. The van der Waals surface area contributed by atoms with E-state index >= 15 is 0 Å². The fraction of sp³-hybridized carbons (Fsp3) is 0.450. The van der Waals surface area contributed by atoms with Crippen LogP contribution < -0.4 is 5.32 Å². The lowest BCUT2D eigenvalue weighted by Gasteiger charge is -2.17. The molecule has 6 heteroatoms. The van der Waals surface area contributed by atoms with Gasteiger partial charge < -0.3 is 9.73 Å². The maximum Gasteiger partial charge on any atom is 0.220 e. The quantitative estimate of drug-likeness (QED) is 0.710. The van der Waals surface area contributed by atoms with Crippen LogP contribution >= 0.6 is 0 Å². The van der Waals surface area contributed by atoms with Crippen LogP contribution in [0, 0.1) is 0 Å². The smallest absolute Gasteiger partial charge is 0.220 e. The van der Waals surface area contributed by atoms with Gasteiger partial charge in [-0.15, -0.1) is 0 Å². The van der Waals surface area contributed by atoms with Gasteiger partial charge in [0, 0.05) is 13.0 Å². The van der Waals surface area contributed by atoms with Crippen LogP contribution in [-0.4, -0.2) is 20.9 Å². The standard InChI is InChI=1S/C20H27NO4S/c1-4-5-8-20(22)21-14-19(18-7-6-13-25-18)26(23,24)17-11-9-16(10-12-17)15(2)3/h6-7,9-13,15,19H,4-5,8,14H2,1-3H3,(H,21,22)/t19-/m1/s1. The number of amides is 1. The molecule has 1 atom stereocenters. The van der Waals surface area contributed by atoms with E-state index in [0.29, 0.717) is 18.1 Å². The average Bonchev–Trinajstić information content (AvgIpc) is 3.14. The molecule has 2 aromatic rings. The highest BCUT2D eigenvalue weighted by atomic mass is 32.2. The number of hydrogen-bond donors (Lipinski definition) is 1. The summed E-state index contributed by atoms with van der Waals surface area (Å²) in [5, 5.41) is 1.78. The molecule has 1 aromatic carbocycles. The van der Waals surface area contributed by atoms with E-state index < -0.39 is 15.1 Å². The van der Waals surface area contributed by atoms with Crippen LogP contribution in [-0.2, 0) is 14.6 Å². The summed E-state index contributed by atoms with van der Waals surface area (Å²) in [6.07, 6.45) is 3.53. The first-order valence-electron chi connectivity index (χ1n) is 9.00. The van der Waals surface area contributed by atoms with E-state index in [9.17, 15) is 13.2 Å². The fourth-order valence-corrected chi connectivity index (χ4v) is 4.26. The SMILES string of the molecule is CCCCC(=O)NC[C@H](c1ccco1)S(=O)(=O)c1ccc(C(C)C)cc1. The van der Waals surface area contributed by atoms with Crippen LogP contribution in [0.2, 0.25) is 0 Å². The predicted octanol–water partition coefficient (Wildman–Crippen LogP) is 4.22. The molecule has 0 aliphatic heterocycles. The third-order valence-corrected chi connectivity index (χ3v) is 6.43. The van der Waals surface area contributed by atoms with Gasteiger partial charge in [-0.1, -0.05) is 39.3 Å². The van der Waals surface area contributed by atoms with Crippen LogP contribution in [0.1, 0.15) is 62.5 Å². The van der Waals surface area contributed by atoms with Crippen LogP contribution in [0.3, 0.4) is 0 Å². The molecule has 0 fully saturated rings. The van der Waals surface area contributed by atoms with Crippen LogP contribution in [0.25, 0.3) is 0 Å². The first-order valence-corrected chi connectivity index (χ1v) is 10.5. The van der Waals surface area contributed by atoms with Gasteiger partial charge >= 0.3 is 0 Å². The van der Waals surface area contributed by atoms with E-state index in [-0.39, 0.29) is 17.3 Å². The number of unbranched alkanes of at least 4 members (excludes halogenated alkanes) is 1. The molecule has 5 nitrogen and oxygen atoms in total. The van der Waals surface area contributed by atoms with E-state index in [4.69, 9.17) is 4.42 Å². The van der Waals surface area contributed by atoms with Gasteiger partial charge in [-0.3, -0.25) is 4.79 Å². The molecule has 0 aliphatic rings. The Morgan fingerprint density at radius 1 is 1.15 bits per heavy atom. The molecule has 1 heterocycles. The topological polar surface area (TPSA) is 76.4 Å². The number of carbonyl (C=O) groups excluding carboxylic acids is 1. The Morgan fingerprint density at radius 3 is 2.38 bits per heavy atom. The first-order chi connectivity index (χ1) is 12.4. The molecule has 1 aromatic heterocycles. The molecule has 0 unspecified atom stereocenters. The van der Waals surface area contributed by atoms with Gasteiger partial charge in [0.2, 0.25) is 5.91 Å². The van der Waals surface area contributed by atoms with Gasteiger partial charge in [0.05, 0.1) is 11.2 Å². The third kappa shape index (κ3) is 4.97. The molecule has 0 saturated heterocycles. The highest BCUT2D eigenvalue weighted by Gasteiger charge is 2.31. The van der Waals surface area contributed by atoms with E-state index in [1.807, 2.05) is 19.1 Å². The van der Waals surface area contributed by atoms with Crippen molar-refractivity contribution in [3.8, 4) is 0 Å². The summed E-state index contributed by atoms with van der Waals surface area (Å²) >= 11 is 0. The zero-order valence-corrected chi connectivity index (χ0v) is 16.4. The van der Waals surface area contributed by atoms with Crippen molar-refractivity contribution in [2.45, 2.75) is 56.1 Å². The molecular weight excluding hydrogens is 350 g/mol. The second kappa shape index (κ2) is 9.03. The zero-order valence-electron chi connectivity index (χ0n) is 15.6. The lowest BCUT2D eigenvalue weighted by molar-refractivity contribution is -0.121. The van der Waals surface area contributed by atoms with Crippen LogP contribution in [0.15, 0.2) is 52.0 Å². The monoisotopic (exact) mass is 377 g/mol. The first kappa shape index (κ1) is 20.2. The molecule has 0 spiro atoms. The number of furan rings is 1. The molecule has 1 amide bonds. The summed E-state index contributed by atoms with van der Waals surface area (Å²) in [7, 11) is -3.69. The Bertz CT molecular complexity index is 793. The van der Waals surface area contributed by atoms with E-state index in [1.54, 1.807) is 24.3 Å². The Kier molecular flexibility index (Phi) is 7.03. The van der Waals surface area contributed by atoms with E-state index in [0.717, 1.165) is 18.4 Å². The molecule has 0 radical (unpaired) electrons. The van der Waals surface area contributed by atoms with Crippen molar-refractivity contribution in [2.75, 3.05) is 6.54 Å². The molecule has 142 valence electrons. The molecule has 2 rings (SSSR count). The lowest BCUT2D eigenvalue weighted by atomic mass is 10.0. The van der Waals surface area contributed by atoms with Crippen molar-refractivity contribution >= 4 is 15.7 Å². The molecule has 0 bridgehead atoms. The minimum atomic E-state index is -3.69. The molecule has 0 aliphatic carbocycles. The number of sulfone groups is 1. The zero-order chi connectivity index (χ0) is 19.2. The van der Waals surface area contributed by atoms with Gasteiger partial charge in [0.25, 0.3) is 0 Å². The van der Waals surface area contributed by atoms with Gasteiger partial charge in [-0.2, -0.15) is 0 Å². The number of hydrogen-bond acceptors (Lipinski definition) is 4.